The molecule has 1 spiro atoms. The molecule has 3 rings (SSSR count). The number of nitrogens with one attached hydrogen (secondary N) is 2. The average molecular weight is 407 g/mol. The Labute approximate surface area is 160 Å². The summed E-state index contributed by atoms with van der Waals surface area (Å²) in [6.07, 6.45) is 3.09. The normalized spacial score (nSPS) is 20.8. The first-order valence-corrected chi connectivity index (χ1v) is 10.2. The molecule has 26 heavy (non-hydrogen) atoms. The van der Waals surface area contributed by atoms with E-state index in [9.17, 15) is 13.2 Å². The van der Waals surface area contributed by atoms with Gasteiger partial charge in [0.25, 0.3) is 0 Å². The van der Waals surface area contributed by atoms with Gasteiger partial charge in [-0.15, -0.1) is 12.4 Å². The fraction of sp³-hybridized carbons (Fsp3) is 0.750. The summed E-state index contributed by atoms with van der Waals surface area (Å²) in [7, 11) is -3.85. The van der Waals surface area contributed by atoms with E-state index in [1.807, 2.05) is 0 Å². The van der Waals surface area contributed by atoms with Gasteiger partial charge in [0, 0.05) is 19.6 Å². The van der Waals surface area contributed by atoms with E-state index >= 15 is 0 Å². The van der Waals surface area contributed by atoms with E-state index in [1.54, 1.807) is 25.7 Å². The maximum atomic E-state index is 12.7. The van der Waals surface area contributed by atoms with Crippen LogP contribution in [0, 0.1) is 19.3 Å². The number of halogens is 1. The van der Waals surface area contributed by atoms with Gasteiger partial charge >= 0.3 is 0 Å². The van der Waals surface area contributed by atoms with Gasteiger partial charge in [-0.05, 0) is 52.0 Å². The van der Waals surface area contributed by atoms with E-state index in [0.717, 1.165) is 32.4 Å². The van der Waals surface area contributed by atoms with Crippen LogP contribution in [0.15, 0.2) is 9.42 Å². The van der Waals surface area contributed by atoms with Crippen molar-refractivity contribution in [1.82, 2.24) is 20.1 Å². The lowest BCUT2D eigenvalue weighted by atomic mass is 9.78. The third-order valence-corrected chi connectivity index (χ3v) is 7.19. The van der Waals surface area contributed by atoms with E-state index in [4.69, 9.17) is 4.52 Å². The molecule has 2 fully saturated rings. The number of piperidine rings is 1. The Kier molecular flexibility index (Phi) is 6.37. The smallest absolute Gasteiger partial charge is 0.246 e. The van der Waals surface area contributed by atoms with Crippen molar-refractivity contribution < 1.29 is 17.7 Å². The predicted octanol–water partition coefficient (Wildman–Crippen LogP) is 0.982. The zero-order valence-corrected chi connectivity index (χ0v) is 17.0. The lowest BCUT2D eigenvalue weighted by Crippen LogP contribution is -2.51. The van der Waals surface area contributed by atoms with E-state index in [1.165, 1.54) is 0 Å². The van der Waals surface area contributed by atoms with Gasteiger partial charge in [0.1, 0.15) is 10.6 Å². The maximum absolute atomic E-state index is 12.7. The van der Waals surface area contributed by atoms with E-state index < -0.39 is 16.1 Å². The van der Waals surface area contributed by atoms with Crippen molar-refractivity contribution in [2.45, 2.75) is 51.0 Å². The Bertz CT molecular complexity index is 729. The quantitative estimate of drug-likeness (QED) is 0.772. The molecule has 2 N–H and O–H groups in total. The van der Waals surface area contributed by atoms with Crippen LogP contribution in [0.2, 0.25) is 0 Å². The second kappa shape index (κ2) is 7.84. The van der Waals surface area contributed by atoms with Crippen LogP contribution < -0.4 is 10.0 Å². The molecule has 0 aliphatic carbocycles. The lowest BCUT2D eigenvalue weighted by molar-refractivity contribution is -0.134. The molecule has 1 unspecified atom stereocenters. The highest BCUT2D eigenvalue weighted by atomic mass is 35.5. The largest absolute Gasteiger partial charge is 0.360 e. The molecular weight excluding hydrogens is 380 g/mol. The third-order valence-electron chi connectivity index (χ3n) is 5.41. The Balaban J connectivity index is 0.00000243. The van der Waals surface area contributed by atoms with Crippen molar-refractivity contribution in [1.29, 1.82) is 0 Å². The summed E-state index contributed by atoms with van der Waals surface area (Å²) in [5.74, 6) is 0.0365. The lowest BCUT2D eigenvalue weighted by Gasteiger charge is -2.39. The minimum absolute atomic E-state index is 0. The Hall–Kier alpha value is -1.16. The number of sulfonamides is 1. The molecule has 2 aliphatic heterocycles. The molecule has 0 radical (unpaired) electrons. The number of nitrogens with zero attached hydrogens (tertiary/aromatic N) is 2. The van der Waals surface area contributed by atoms with Crippen LogP contribution in [0.5, 0.6) is 0 Å². The Morgan fingerprint density at radius 3 is 2.46 bits per heavy atom. The van der Waals surface area contributed by atoms with Gasteiger partial charge in [0.15, 0.2) is 5.76 Å². The van der Waals surface area contributed by atoms with E-state index in [0.29, 0.717) is 24.2 Å². The number of hydrogen-bond acceptors (Lipinski definition) is 6. The summed E-state index contributed by atoms with van der Waals surface area (Å²) in [6.45, 7) is 8.11. The van der Waals surface area contributed by atoms with Crippen LogP contribution in [0.3, 0.4) is 0 Å². The third kappa shape index (κ3) is 4.05. The highest BCUT2D eigenvalue weighted by Gasteiger charge is 2.39. The van der Waals surface area contributed by atoms with Crippen molar-refractivity contribution >= 4 is 28.3 Å². The summed E-state index contributed by atoms with van der Waals surface area (Å²) in [6, 6.07) is -0.825. The van der Waals surface area contributed by atoms with Gasteiger partial charge in [-0.2, -0.15) is 4.72 Å². The molecule has 2 saturated heterocycles. The molecule has 1 atom stereocenters. The van der Waals surface area contributed by atoms with Gasteiger partial charge in [-0.3, -0.25) is 4.79 Å². The number of carbonyl (C=O) groups excluding carboxylic acids is 1. The molecule has 10 heteroatoms. The topological polar surface area (TPSA) is 105 Å². The molecule has 0 bridgehead atoms. The fourth-order valence-electron chi connectivity index (χ4n) is 3.90. The Morgan fingerprint density at radius 2 is 1.96 bits per heavy atom. The molecule has 0 saturated carbocycles. The van der Waals surface area contributed by atoms with E-state index in [-0.39, 0.29) is 29.0 Å². The number of rotatable bonds is 4. The molecule has 1 aromatic heterocycles. The van der Waals surface area contributed by atoms with Crippen LogP contribution in [0.1, 0.15) is 37.6 Å². The van der Waals surface area contributed by atoms with Crippen LogP contribution >= 0.6 is 12.4 Å². The molecule has 0 aromatic carbocycles. The van der Waals surface area contributed by atoms with Gasteiger partial charge in [-0.25, -0.2) is 8.42 Å². The van der Waals surface area contributed by atoms with Crippen molar-refractivity contribution in [2.75, 3.05) is 26.2 Å². The van der Waals surface area contributed by atoms with Crippen molar-refractivity contribution in [3.05, 3.63) is 11.5 Å². The van der Waals surface area contributed by atoms with Crippen molar-refractivity contribution in [3.8, 4) is 0 Å². The number of aromatic nitrogens is 1. The first-order chi connectivity index (χ1) is 11.7. The SMILES string of the molecule is Cc1noc(C)c1S(=O)(=O)NC(C)C(=O)N1CCC2(CCNC2)CC1.Cl. The number of likely N-dealkylation sites (tertiary alicyclic amines) is 1. The summed E-state index contributed by atoms with van der Waals surface area (Å²) < 4.78 is 32.5. The molecule has 148 valence electrons. The summed E-state index contributed by atoms with van der Waals surface area (Å²) >= 11 is 0. The van der Waals surface area contributed by atoms with Crippen LogP contribution in [0.25, 0.3) is 0 Å². The average Bonchev–Trinajstić information content (AvgIpc) is 3.14. The standard InChI is InChI=1S/C16H26N4O4S.ClH/c1-11-14(13(3)24-18-11)25(22,23)19-12(2)15(21)20-8-5-16(6-9-20)4-7-17-10-16;/h12,17,19H,4-10H2,1-3H3;1H. The van der Waals surface area contributed by atoms with Gasteiger partial charge < -0.3 is 14.7 Å². The molecule has 1 aromatic rings. The molecule has 3 heterocycles. The zero-order chi connectivity index (χ0) is 18.2. The highest BCUT2D eigenvalue weighted by molar-refractivity contribution is 7.89. The number of carbonyl (C=O) groups is 1. The van der Waals surface area contributed by atoms with E-state index in [2.05, 4.69) is 15.2 Å². The maximum Gasteiger partial charge on any atom is 0.246 e. The predicted molar refractivity (Wildman–Crippen MR) is 98.7 cm³/mol. The van der Waals surface area contributed by atoms with Crippen molar-refractivity contribution in [2.24, 2.45) is 5.41 Å². The highest BCUT2D eigenvalue weighted by Crippen LogP contribution is 2.37. The van der Waals surface area contributed by atoms with Crippen LogP contribution in [-0.2, 0) is 14.8 Å². The Morgan fingerprint density at radius 1 is 1.31 bits per heavy atom. The van der Waals surface area contributed by atoms with Gasteiger partial charge in [-0.1, -0.05) is 5.16 Å². The van der Waals surface area contributed by atoms with Gasteiger partial charge in [0.05, 0.1) is 6.04 Å². The minimum Gasteiger partial charge on any atom is -0.360 e. The molecule has 8 nitrogen and oxygen atoms in total. The zero-order valence-electron chi connectivity index (χ0n) is 15.4. The summed E-state index contributed by atoms with van der Waals surface area (Å²) in [5.41, 5.74) is 0.606. The summed E-state index contributed by atoms with van der Waals surface area (Å²) in [4.78, 5) is 14.4. The minimum atomic E-state index is -3.85. The number of hydrogen-bond donors (Lipinski definition) is 2. The second-order valence-corrected chi connectivity index (χ2v) is 8.90. The monoisotopic (exact) mass is 406 g/mol. The van der Waals surface area contributed by atoms with Crippen molar-refractivity contribution in [3.63, 3.8) is 0 Å². The first kappa shape index (κ1) is 21.1. The van der Waals surface area contributed by atoms with Gasteiger partial charge in [0.2, 0.25) is 15.9 Å². The van der Waals surface area contributed by atoms with Crippen LogP contribution in [-0.4, -0.2) is 56.6 Å². The number of aryl methyl sites for hydroxylation is 2. The summed E-state index contributed by atoms with van der Waals surface area (Å²) in [5, 5.41) is 7.07. The molecule has 1 amide bonds. The first-order valence-electron chi connectivity index (χ1n) is 8.69. The number of amides is 1. The fourth-order valence-corrected chi connectivity index (χ4v) is 5.42. The molecular formula is C16H27ClN4O4S. The molecule has 2 aliphatic rings. The second-order valence-electron chi connectivity index (χ2n) is 7.25. The van der Waals surface area contributed by atoms with Crippen LogP contribution in [0.4, 0.5) is 0 Å².